The summed E-state index contributed by atoms with van der Waals surface area (Å²) >= 11 is 0. The molecular weight excluding hydrogens is 290 g/mol. The number of nitrogens with zero attached hydrogens (tertiary/aromatic N) is 7. The average molecular weight is 311 g/mol. The minimum absolute atomic E-state index is 0.328. The quantitative estimate of drug-likeness (QED) is 0.717. The first-order valence-corrected chi connectivity index (χ1v) is 7.88. The fourth-order valence-electron chi connectivity index (χ4n) is 3.50. The standard InChI is InChI=1S/C16H21N7/c1-20(2)14-11-21(12-15(14)23-9-7-18-19-23)10-13-4-3-5-16-17-6-8-22(13)16/h3-9,14-15H,10-12H2,1-2H3/t14-,15+/m1/s1. The molecule has 1 aliphatic rings. The van der Waals surface area contributed by atoms with Crippen molar-refractivity contribution in [3.8, 4) is 0 Å². The number of fused-ring (bicyclic) bond motifs is 1. The summed E-state index contributed by atoms with van der Waals surface area (Å²) in [7, 11) is 4.27. The van der Waals surface area contributed by atoms with Gasteiger partial charge in [0.2, 0.25) is 0 Å². The van der Waals surface area contributed by atoms with Gasteiger partial charge in [-0.3, -0.25) is 4.90 Å². The summed E-state index contributed by atoms with van der Waals surface area (Å²) < 4.78 is 4.15. The molecule has 0 aromatic carbocycles. The summed E-state index contributed by atoms with van der Waals surface area (Å²) in [6, 6.07) is 7.04. The monoisotopic (exact) mass is 311 g/mol. The minimum Gasteiger partial charge on any atom is -0.303 e. The van der Waals surface area contributed by atoms with E-state index in [4.69, 9.17) is 0 Å². The Morgan fingerprint density at radius 3 is 2.87 bits per heavy atom. The third-order valence-electron chi connectivity index (χ3n) is 4.68. The fraction of sp³-hybridized carbons (Fsp3) is 0.438. The molecule has 4 heterocycles. The van der Waals surface area contributed by atoms with Crippen molar-refractivity contribution in [3.63, 3.8) is 0 Å². The number of likely N-dealkylation sites (tertiary alicyclic amines) is 1. The van der Waals surface area contributed by atoms with Gasteiger partial charge in [0.1, 0.15) is 5.65 Å². The van der Waals surface area contributed by atoms with Crippen molar-refractivity contribution in [2.75, 3.05) is 27.2 Å². The highest BCUT2D eigenvalue weighted by atomic mass is 15.5. The maximum atomic E-state index is 4.37. The average Bonchev–Trinajstić information content (AvgIpc) is 3.27. The summed E-state index contributed by atoms with van der Waals surface area (Å²) in [5.41, 5.74) is 2.26. The Hall–Kier alpha value is -2.25. The van der Waals surface area contributed by atoms with Gasteiger partial charge in [0.05, 0.1) is 12.2 Å². The first-order valence-electron chi connectivity index (χ1n) is 7.88. The molecule has 3 aromatic rings. The summed E-state index contributed by atoms with van der Waals surface area (Å²) in [4.78, 5) is 9.13. The van der Waals surface area contributed by atoms with Crippen LogP contribution in [0.1, 0.15) is 11.7 Å². The van der Waals surface area contributed by atoms with Gasteiger partial charge in [0.25, 0.3) is 0 Å². The maximum Gasteiger partial charge on any atom is 0.136 e. The van der Waals surface area contributed by atoms with E-state index in [0.717, 1.165) is 25.3 Å². The maximum absolute atomic E-state index is 4.37. The molecular formula is C16H21N7. The van der Waals surface area contributed by atoms with Crippen molar-refractivity contribution in [2.45, 2.75) is 18.6 Å². The topological polar surface area (TPSA) is 54.5 Å². The van der Waals surface area contributed by atoms with Crippen LogP contribution in [0.4, 0.5) is 0 Å². The van der Waals surface area contributed by atoms with Gasteiger partial charge in [-0.1, -0.05) is 11.3 Å². The van der Waals surface area contributed by atoms with E-state index in [2.05, 4.69) is 55.7 Å². The molecule has 7 heteroatoms. The van der Waals surface area contributed by atoms with Crippen LogP contribution < -0.4 is 0 Å². The lowest BCUT2D eigenvalue weighted by Crippen LogP contribution is -2.36. The molecule has 4 rings (SSSR count). The molecule has 3 aromatic heterocycles. The molecule has 1 fully saturated rings. The Balaban J connectivity index is 1.57. The molecule has 1 aliphatic heterocycles. The number of rotatable bonds is 4. The Morgan fingerprint density at radius 1 is 1.17 bits per heavy atom. The third-order valence-corrected chi connectivity index (χ3v) is 4.68. The zero-order chi connectivity index (χ0) is 15.8. The molecule has 0 saturated carbocycles. The number of hydrogen-bond donors (Lipinski definition) is 0. The molecule has 0 N–H and O–H groups in total. The largest absolute Gasteiger partial charge is 0.303 e. The highest BCUT2D eigenvalue weighted by Crippen LogP contribution is 2.26. The van der Waals surface area contributed by atoms with Crippen molar-refractivity contribution >= 4 is 5.65 Å². The Kier molecular flexibility index (Phi) is 3.59. The number of likely N-dealkylation sites (N-methyl/N-ethyl adjacent to an activating group) is 1. The van der Waals surface area contributed by atoms with Gasteiger partial charge in [-0.05, 0) is 26.2 Å². The first-order chi connectivity index (χ1) is 11.2. The molecule has 120 valence electrons. The lowest BCUT2D eigenvalue weighted by Gasteiger charge is -2.24. The van der Waals surface area contributed by atoms with Crippen LogP contribution in [0.2, 0.25) is 0 Å². The van der Waals surface area contributed by atoms with Gasteiger partial charge in [-0.2, -0.15) is 0 Å². The molecule has 1 saturated heterocycles. The smallest absolute Gasteiger partial charge is 0.136 e. The van der Waals surface area contributed by atoms with Gasteiger partial charge in [0.15, 0.2) is 0 Å². The van der Waals surface area contributed by atoms with E-state index in [-0.39, 0.29) is 0 Å². The molecule has 0 amide bonds. The van der Waals surface area contributed by atoms with E-state index in [9.17, 15) is 0 Å². The predicted molar refractivity (Wildman–Crippen MR) is 87.0 cm³/mol. The summed E-state index contributed by atoms with van der Waals surface area (Å²) in [5, 5.41) is 8.18. The molecule has 0 bridgehead atoms. The van der Waals surface area contributed by atoms with Crippen molar-refractivity contribution in [3.05, 3.63) is 48.7 Å². The van der Waals surface area contributed by atoms with Gasteiger partial charge >= 0.3 is 0 Å². The first kappa shape index (κ1) is 14.3. The number of aromatic nitrogens is 5. The zero-order valence-corrected chi connectivity index (χ0v) is 13.4. The van der Waals surface area contributed by atoms with Gasteiger partial charge in [0, 0.05) is 50.0 Å². The van der Waals surface area contributed by atoms with Crippen LogP contribution >= 0.6 is 0 Å². The lowest BCUT2D eigenvalue weighted by atomic mass is 10.1. The summed E-state index contributed by atoms with van der Waals surface area (Å²) in [5.74, 6) is 0. The number of pyridine rings is 1. The normalized spacial score (nSPS) is 22.4. The van der Waals surface area contributed by atoms with E-state index in [1.165, 1.54) is 5.69 Å². The summed E-state index contributed by atoms with van der Waals surface area (Å²) in [6.45, 7) is 2.89. The van der Waals surface area contributed by atoms with Crippen molar-refractivity contribution in [2.24, 2.45) is 0 Å². The second-order valence-corrected chi connectivity index (χ2v) is 6.35. The van der Waals surface area contributed by atoms with Crippen LogP contribution in [-0.2, 0) is 6.54 Å². The summed E-state index contributed by atoms with van der Waals surface area (Å²) in [6.07, 6.45) is 7.59. The van der Waals surface area contributed by atoms with Crippen LogP contribution in [0, 0.1) is 0 Å². The van der Waals surface area contributed by atoms with E-state index in [1.54, 1.807) is 6.20 Å². The van der Waals surface area contributed by atoms with Crippen molar-refractivity contribution in [1.29, 1.82) is 0 Å². The predicted octanol–water partition coefficient (Wildman–Crippen LogP) is 0.913. The molecule has 0 unspecified atom stereocenters. The fourth-order valence-corrected chi connectivity index (χ4v) is 3.50. The van der Waals surface area contributed by atoms with E-state index >= 15 is 0 Å². The van der Waals surface area contributed by atoms with E-state index in [1.807, 2.05) is 29.3 Å². The van der Waals surface area contributed by atoms with Gasteiger partial charge in [-0.25, -0.2) is 9.67 Å². The van der Waals surface area contributed by atoms with Crippen LogP contribution in [0.5, 0.6) is 0 Å². The van der Waals surface area contributed by atoms with Crippen molar-refractivity contribution < 1.29 is 0 Å². The van der Waals surface area contributed by atoms with Crippen LogP contribution in [0.3, 0.4) is 0 Å². The SMILES string of the molecule is CN(C)[C@@H]1CN(Cc2cccc3nccn23)C[C@@H]1n1ccnn1. The van der Waals surface area contributed by atoms with E-state index < -0.39 is 0 Å². The Bertz CT molecular complexity index is 777. The highest BCUT2D eigenvalue weighted by Gasteiger charge is 2.36. The number of hydrogen-bond acceptors (Lipinski definition) is 5. The molecule has 0 spiro atoms. The molecule has 2 atom stereocenters. The number of imidazole rings is 1. The third kappa shape index (κ3) is 2.62. The molecule has 0 aliphatic carbocycles. The van der Waals surface area contributed by atoms with Crippen molar-refractivity contribution in [1.82, 2.24) is 34.2 Å². The van der Waals surface area contributed by atoms with Gasteiger partial charge in [-0.15, -0.1) is 5.10 Å². The zero-order valence-electron chi connectivity index (χ0n) is 13.4. The van der Waals surface area contributed by atoms with Crippen LogP contribution in [0.25, 0.3) is 5.65 Å². The molecule has 0 radical (unpaired) electrons. The highest BCUT2D eigenvalue weighted by molar-refractivity contribution is 5.39. The molecule has 23 heavy (non-hydrogen) atoms. The Morgan fingerprint density at radius 2 is 2.09 bits per heavy atom. The van der Waals surface area contributed by atoms with E-state index in [0.29, 0.717) is 12.1 Å². The van der Waals surface area contributed by atoms with Gasteiger partial charge < -0.3 is 9.30 Å². The van der Waals surface area contributed by atoms with Crippen LogP contribution in [0.15, 0.2) is 43.0 Å². The molecule has 7 nitrogen and oxygen atoms in total. The minimum atomic E-state index is 0.328. The van der Waals surface area contributed by atoms with Crippen LogP contribution in [-0.4, -0.2) is 67.4 Å². The Labute approximate surface area is 135 Å². The second-order valence-electron chi connectivity index (χ2n) is 6.35. The lowest BCUT2D eigenvalue weighted by molar-refractivity contribution is 0.237. The second kappa shape index (κ2) is 5.75.